The topological polar surface area (TPSA) is 62.6 Å². The molecule has 0 fully saturated rings. The van der Waals surface area contributed by atoms with Crippen molar-refractivity contribution in [3.63, 3.8) is 0 Å². The van der Waals surface area contributed by atoms with Gasteiger partial charge in [-0.2, -0.15) is 5.26 Å². The van der Waals surface area contributed by atoms with Crippen LogP contribution in [0.25, 0.3) is 0 Å². The Bertz CT molecular complexity index is 769. The van der Waals surface area contributed by atoms with E-state index in [1.807, 2.05) is 37.3 Å². The van der Waals surface area contributed by atoms with Gasteiger partial charge in [-0.3, -0.25) is 4.79 Å². The van der Waals surface area contributed by atoms with Gasteiger partial charge in [0.2, 0.25) is 0 Å². The molecule has 0 spiro atoms. The second-order valence-corrected chi connectivity index (χ2v) is 5.78. The molecule has 1 amide bonds. The summed E-state index contributed by atoms with van der Waals surface area (Å²) < 4.78 is 10.9. The zero-order valence-electron chi connectivity index (χ0n) is 14.2. The van der Waals surface area contributed by atoms with E-state index < -0.39 is 0 Å². The molecule has 6 heteroatoms. The van der Waals surface area contributed by atoms with Gasteiger partial charge < -0.3 is 14.4 Å². The summed E-state index contributed by atoms with van der Waals surface area (Å²) in [5.41, 5.74) is 1.44. The van der Waals surface area contributed by atoms with Crippen molar-refractivity contribution in [2.24, 2.45) is 0 Å². The fraction of sp³-hybridized carbons (Fsp3) is 0.263. The van der Waals surface area contributed by atoms with E-state index in [0.29, 0.717) is 29.5 Å². The predicted molar refractivity (Wildman–Crippen MR) is 95.7 cm³/mol. The fourth-order valence-electron chi connectivity index (χ4n) is 2.16. The third-order valence-corrected chi connectivity index (χ3v) is 3.79. The predicted octanol–water partition coefficient (Wildman–Crippen LogP) is 3.65. The number of halogens is 1. The van der Waals surface area contributed by atoms with Crippen LogP contribution in [-0.2, 0) is 11.3 Å². The first-order valence-electron chi connectivity index (χ1n) is 7.81. The zero-order chi connectivity index (χ0) is 18.2. The fourth-order valence-corrected chi connectivity index (χ4v) is 2.39. The van der Waals surface area contributed by atoms with E-state index in [4.69, 9.17) is 26.3 Å². The van der Waals surface area contributed by atoms with Crippen LogP contribution in [0.4, 0.5) is 0 Å². The highest BCUT2D eigenvalue weighted by atomic mass is 35.5. The second-order valence-electron chi connectivity index (χ2n) is 5.37. The summed E-state index contributed by atoms with van der Waals surface area (Å²) in [4.78, 5) is 13.8. The van der Waals surface area contributed by atoms with Crippen LogP contribution in [0.3, 0.4) is 0 Å². The number of carbonyl (C=O) groups is 1. The molecule has 0 atom stereocenters. The maximum Gasteiger partial charge on any atom is 0.260 e. The monoisotopic (exact) mass is 358 g/mol. The molecule has 0 radical (unpaired) electrons. The SMILES string of the molecule is CCOc1ccc(CN(C)C(=O)COc2ccc(C#N)cc2Cl)cc1. The average Bonchev–Trinajstić information content (AvgIpc) is 2.62. The number of rotatable bonds is 7. The highest BCUT2D eigenvalue weighted by Gasteiger charge is 2.12. The average molecular weight is 359 g/mol. The maximum atomic E-state index is 12.2. The molecule has 0 heterocycles. The third kappa shape index (κ3) is 5.40. The molecule has 130 valence electrons. The Morgan fingerprint density at radius 1 is 1.20 bits per heavy atom. The summed E-state index contributed by atoms with van der Waals surface area (Å²) >= 11 is 6.03. The lowest BCUT2D eigenvalue weighted by Crippen LogP contribution is -2.31. The maximum absolute atomic E-state index is 12.2. The van der Waals surface area contributed by atoms with Gasteiger partial charge in [0, 0.05) is 13.6 Å². The number of amides is 1. The molecule has 5 nitrogen and oxygen atoms in total. The largest absolute Gasteiger partial charge is 0.494 e. The summed E-state index contributed by atoms with van der Waals surface area (Å²) in [6.45, 7) is 2.89. The van der Waals surface area contributed by atoms with Gasteiger partial charge in [-0.05, 0) is 42.8 Å². The van der Waals surface area contributed by atoms with Gasteiger partial charge in [-0.1, -0.05) is 23.7 Å². The van der Waals surface area contributed by atoms with Crippen LogP contribution < -0.4 is 9.47 Å². The van der Waals surface area contributed by atoms with Crippen LogP contribution in [0.15, 0.2) is 42.5 Å². The Morgan fingerprint density at radius 2 is 1.92 bits per heavy atom. The molecule has 0 aliphatic heterocycles. The second kappa shape index (κ2) is 8.95. The van der Waals surface area contributed by atoms with Gasteiger partial charge in [-0.25, -0.2) is 0 Å². The Hall–Kier alpha value is -2.71. The molecule has 0 unspecified atom stereocenters. The molecule has 0 saturated carbocycles. The Kier molecular flexibility index (Phi) is 6.67. The van der Waals surface area contributed by atoms with E-state index in [1.165, 1.54) is 6.07 Å². The van der Waals surface area contributed by atoms with Crippen LogP contribution in [0.5, 0.6) is 11.5 Å². The van der Waals surface area contributed by atoms with Crippen molar-refractivity contribution in [3.8, 4) is 17.6 Å². The zero-order valence-corrected chi connectivity index (χ0v) is 14.9. The molecular formula is C19H19ClN2O3. The van der Waals surface area contributed by atoms with E-state index in [-0.39, 0.29) is 12.5 Å². The van der Waals surface area contributed by atoms with Crippen LogP contribution in [0.1, 0.15) is 18.1 Å². The molecular weight excluding hydrogens is 340 g/mol. The van der Waals surface area contributed by atoms with Crippen molar-refractivity contribution in [2.75, 3.05) is 20.3 Å². The van der Waals surface area contributed by atoms with E-state index in [1.54, 1.807) is 24.1 Å². The minimum atomic E-state index is -0.172. The van der Waals surface area contributed by atoms with E-state index >= 15 is 0 Å². The molecule has 2 aromatic rings. The van der Waals surface area contributed by atoms with Crippen molar-refractivity contribution in [3.05, 3.63) is 58.6 Å². The van der Waals surface area contributed by atoms with Crippen LogP contribution in [0.2, 0.25) is 5.02 Å². The molecule has 0 aromatic heterocycles. The summed E-state index contributed by atoms with van der Waals surface area (Å²) in [5, 5.41) is 9.12. The van der Waals surface area contributed by atoms with Crippen LogP contribution in [0, 0.1) is 11.3 Å². The van der Waals surface area contributed by atoms with Gasteiger partial charge in [0.25, 0.3) is 5.91 Å². The quantitative estimate of drug-likeness (QED) is 0.758. The minimum Gasteiger partial charge on any atom is -0.494 e. The third-order valence-electron chi connectivity index (χ3n) is 3.49. The molecule has 0 aliphatic rings. The van der Waals surface area contributed by atoms with Gasteiger partial charge in [0.05, 0.1) is 23.3 Å². The molecule has 2 rings (SSSR count). The summed E-state index contributed by atoms with van der Waals surface area (Å²) in [6.07, 6.45) is 0. The van der Waals surface area contributed by atoms with E-state index in [0.717, 1.165) is 11.3 Å². The number of benzene rings is 2. The molecule has 0 bridgehead atoms. The lowest BCUT2D eigenvalue weighted by atomic mass is 10.2. The lowest BCUT2D eigenvalue weighted by molar-refractivity contribution is -0.132. The minimum absolute atomic E-state index is 0.126. The summed E-state index contributed by atoms with van der Waals surface area (Å²) in [7, 11) is 1.71. The Balaban J connectivity index is 1.88. The van der Waals surface area contributed by atoms with Gasteiger partial charge in [0.1, 0.15) is 11.5 Å². The normalized spacial score (nSPS) is 10.0. The van der Waals surface area contributed by atoms with Crippen LogP contribution in [-0.4, -0.2) is 31.1 Å². The van der Waals surface area contributed by atoms with Gasteiger partial charge in [-0.15, -0.1) is 0 Å². The van der Waals surface area contributed by atoms with Gasteiger partial charge >= 0.3 is 0 Å². The standard InChI is InChI=1S/C19H19ClN2O3/c1-3-24-16-7-4-14(5-8-16)12-22(2)19(23)13-25-18-9-6-15(11-21)10-17(18)20/h4-10H,3,12-13H2,1-2H3. The molecule has 2 aromatic carbocycles. The highest BCUT2D eigenvalue weighted by molar-refractivity contribution is 6.32. The summed E-state index contributed by atoms with van der Waals surface area (Å²) in [5.74, 6) is 1.01. The lowest BCUT2D eigenvalue weighted by Gasteiger charge is -2.18. The number of ether oxygens (including phenoxy) is 2. The van der Waals surface area contributed by atoms with E-state index in [2.05, 4.69) is 0 Å². The molecule has 0 N–H and O–H groups in total. The number of hydrogen-bond donors (Lipinski definition) is 0. The molecule has 25 heavy (non-hydrogen) atoms. The summed E-state index contributed by atoms with van der Waals surface area (Å²) in [6, 6.07) is 14.3. The van der Waals surface area contributed by atoms with Crippen LogP contribution >= 0.6 is 11.6 Å². The molecule has 0 aliphatic carbocycles. The van der Waals surface area contributed by atoms with E-state index in [9.17, 15) is 4.79 Å². The number of carbonyl (C=O) groups excluding carboxylic acids is 1. The first-order chi connectivity index (χ1) is 12.0. The molecule has 0 saturated heterocycles. The smallest absolute Gasteiger partial charge is 0.260 e. The van der Waals surface area contributed by atoms with Crippen molar-refractivity contribution in [1.82, 2.24) is 4.90 Å². The number of likely N-dealkylation sites (N-methyl/N-ethyl adjacent to an activating group) is 1. The first kappa shape index (κ1) is 18.6. The first-order valence-corrected chi connectivity index (χ1v) is 8.19. The van der Waals surface area contributed by atoms with Crippen molar-refractivity contribution >= 4 is 17.5 Å². The number of hydrogen-bond acceptors (Lipinski definition) is 4. The van der Waals surface area contributed by atoms with Crippen molar-refractivity contribution < 1.29 is 14.3 Å². The Morgan fingerprint density at radius 3 is 2.52 bits per heavy atom. The number of nitriles is 1. The number of nitrogens with zero attached hydrogens (tertiary/aromatic N) is 2. The Labute approximate surface area is 152 Å². The highest BCUT2D eigenvalue weighted by Crippen LogP contribution is 2.25. The van der Waals surface area contributed by atoms with Gasteiger partial charge in [0.15, 0.2) is 6.61 Å². The van der Waals surface area contributed by atoms with Crippen molar-refractivity contribution in [2.45, 2.75) is 13.5 Å². The van der Waals surface area contributed by atoms with Crippen molar-refractivity contribution in [1.29, 1.82) is 5.26 Å².